The number of nitrogens with one attached hydrogen (secondary N) is 1. The largest absolute Gasteiger partial charge is 0.357 e. The Kier molecular flexibility index (Phi) is 2.48. The molecule has 3 rings (SSSR count). The van der Waals surface area contributed by atoms with Gasteiger partial charge in [-0.25, -0.2) is 12.8 Å². The molecule has 0 atom stereocenters. The average Bonchev–Trinajstić information content (AvgIpc) is 2.65. The van der Waals surface area contributed by atoms with Gasteiger partial charge in [-0.05, 0) is 43.4 Å². The first-order valence-electron chi connectivity index (χ1n) is 6.00. The van der Waals surface area contributed by atoms with Gasteiger partial charge in [0.15, 0.2) is 9.84 Å². The van der Waals surface area contributed by atoms with Gasteiger partial charge in [0.05, 0.1) is 10.4 Å². The maximum atomic E-state index is 13.6. The minimum absolute atomic E-state index is 0.0619. The summed E-state index contributed by atoms with van der Waals surface area (Å²) >= 11 is 0. The van der Waals surface area contributed by atoms with Crippen LogP contribution in [0.1, 0.15) is 24.1 Å². The lowest BCUT2D eigenvalue weighted by Gasteiger charge is -2.10. The Bertz CT molecular complexity index is 731. The molecule has 0 radical (unpaired) electrons. The molecule has 1 heterocycles. The summed E-state index contributed by atoms with van der Waals surface area (Å²) in [5.74, 6) is -0.490. The molecule has 3 nitrogen and oxygen atoms in total. The molecule has 18 heavy (non-hydrogen) atoms. The SMILES string of the molecule is CS(=O)(=O)c1cc(F)cc2c3c([nH]c12)CCCC3. The van der Waals surface area contributed by atoms with Gasteiger partial charge in [0.25, 0.3) is 0 Å². The van der Waals surface area contributed by atoms with Crippen molar-refractivity contribution in [1.82, 2.24) is 4.98 Å². The summed E-state index contributed by atoms with van der Waals surface area (Å²) < 4.78 is 37.0. The van der Waals surface area contributed by atoms with E-state index in [1.54, 1.807) is 0 Å². The molecular weight excluding hydrogens is 253 g/mol. The molecule has 0 aliphatic heterocycles. The molecule has 0 amide bonds. The van der Waals surface area contributed by atoms with Gasteiger partial charge in [0.1, 0.15) is 5.82 Å². The molecule has 1 aromatic carbocycles. The standard InChI is InChI=1S/C13H14FNO2S/c1-18(16,17)12-7-8(14)6-10-9-4-2-3-5-11(9)15-13(10)12/h6-7,15H,2-5H2,1H3. The smallest absolute Gasteiger partial charge is 0.177 e. The normalized spacial score (nSPS) is 15.9. The van der Waals surface area contributed by atoms with Crippen molar-refractivity contribution in [3.8, 4) is 0 Å². The lowest BCUT2D eigenvalue weighted by Crippen LogP contribution is -1.99. The molecule has 0 fully saturated rings. The van der Waals surface area contributed by atoms with Crippen LogP contribution in [0.25, 0.3) is 10.9 Å². The lowest BCUT2D eigenvalue weighted by atomic mass is 9.96. The van der Waals surface area contributed by atoms with E-state index in [-0.39, 0.29) is 4.90 Å². The third-order valence-electron chi connectivity index (χ3n) is 3.54. The van der Waals surface area contributed by atoms with Crippen molar-refractivity contribution < 1.29 is 12.8 Å². The number of hydrogen-bond donors (Lipinski definition) is 1. The van der Waals surface area contributed by atoms with Crippen LogP contribution in [0.2, 0.25) is 0 Å². The van der Waals surface area contributed by atoms with E-state index in [2.05, 4.69) is 4.98 Å². The third kappa shape index (κ3) is 1.73. The summed E-state index contributed by atoms with van der Waals surface area (Å²) in [6, 6.07) is 2.53. The number of aromatic amines is 1. The Morgan fingerprint density at radius 2 is 1.94 bits per heavy atom. The maximum absolute atomic E-state index is 13.6. The Hall–Kier alpha value is -1.36. The molecular formula is C13H14FNO2S. The van der Waals surface area contributed by atoms with Crippen molar-refractivity contribution in [2.75, 3.05) is 6.26 Å². The van der Waals surface area contributed by atoms with Crippen LogP contribution in [-0.4, -0.2) is 19.7 Å². The zero-order valence-electron chi connectivity index (χ0n) is 10.1. The summed E-state index contributed by atoms with van der Waals surface area (Å²) in [4.78, 5) is 3.23. The number of hydrogen-bond acceptors (Lipinski definition) is 2. The van der Waals surface area contributed by atoms with E-state index in [0.717, 1.165) is 54.6 Å². The van der Waals surface area contributed by atoms with Crippen LogP contribution in [0.3, 0.4) is 0 Å². The number of halogens is 1. The molecule has 0 bridgehead atoms. The van der Waals surface area contributed by atoms with Gasteiger partial charge in [-0.3, -0.25) is 0 Å². The predicted molar refractivity (Wildman–Crippen MR) is 68.0 cm³/mol. The highest BCUT2D eigenvalue weighted by Crippen LogP contribution is 2.33. The van der Waals surface area contributed by atoms with Crippen LogP contribution in [0.4, 0.5) is 4.39 Å². The van der Waals surface area contributed by atoms with Crippen LogP contribution in [0.5, 0.6) is 0 Å². The van der Waals surface area contributed by atoms with Crippen LogP contribution in [0, 0.1) is 5.82 Å². The van der Waals surface area contributed by atoms with E-state index in [0.29, 0.717) is 5.52 Å². The van der Waals surface area contributed by atoms with Crippen LogP contribution >= 0.6 is 0 Å². The van der Waals surface area contributed by atoms with Crippen LogP contribution in [-0.2, 0) is 22.7 Å². The highest BCUT2D eigenvalue weighted by atomic mass is 32.2. The number of rotatable bonds is 1. The van der Waals surface area contributed by atoms with Crippen LogP contribution < -0.4 is 0 Å². The molecule has 96 valence electrons. The van der Waals surface area contributed by atoms with Crippen molar-refractivity contribution in [3.05, 3.63) is 29.2 Å². The summed E-state index contributed by atoms with van der Waals surface area (Å²) in [5, 5.41) is 0.727. The van der Waals surface area contributed by atoms with Gasteiger partial charge in [-0.1, -0.05) is 0 Å². The second-order valence-corrected chi connectivity index (χ2v) is 6.87. The quantitative estimate of drug-likeness (QED) is 0.863. The summed E-state index contributed by atoms with van der Waals surface area (Å²) in [6.07, 6.45) is 5.08. The van der Waals surface area contributed by atoms with Gasteiger partial charge >= 0.3 is 0 Å². The summed E-state index contributed by atoms with van der Waals surface area (Å²) in [6.45, 7) is 0. The van der Waals surface area contributed by atoms with E-state index in [1.807, 2.05) is 0 Å². The van der Waals surface area contributed by atoms with Crippen LogP contribution in [0.15, 0.2) is 17.0 Å². The van der Waals surface area contributed by atoms with Gasteiger partial charge < -0.3 is 4.98 Å². The second-order valence-electron chi connectivity index (χ2n) is 4.89. The molecule has 2 aromatic rings. The second kappa shape index (κ2) is 3.82. The maximum Gasteiger partial charge on any atom is 0.177 e. The molecule has 1 aromatic heterocycles. The molecule has 0 unspecified atom stereocenters. The highest BCUT2D eigenvalue weighted by molar-refractivity contribution is 7.91. The predicted octanol–water partition coefficient (Wildman–Crippen LogP) is 2.59. The van der Waals surface area contributed by atoms with Gasteiger partial charge in [-0.15, -0.1) is 0 Å². The summed E-state index contributed by atoms with van der Waals surface area (Å²) in [7, 11) is -3.42. The number of sulfone groups is 1. The fraction of sp³-hybridized carbons (Fsp3) is 0.385. The molecule has 0 spiro atoms. The zero-order chi connectivity index (χ0) is 12.9. The topological polar surface area (TPSA) is 49.9 Å². The van der Waals surface area contributed by atoms with E-state index >= 15 is 0 Å². The first-order chi connectivity index (χ1) is 8.47. The first-order valence-corrected chi connectivity index (χ1v) is 7.89. The fourth-order valence-electron chi connectivity index (χ4n) is 2.73. The van der Waals surface area contributed by atoms with Crippen molar-refractivity contribution in [1.29, 1.82) is 0 Å². The molecule has 1 aliphatic carbocycles. The molecule has 0 saturated carbocycles. The van der Waals surface area contributed by atoms with Crippen molar-refractivity contribution in [2.45, 2.75) is 30.6 Å². The zero-order valence-corrected chi connectivity index (χ0v) is 10.9. The number of aryl methyl sites for hydroxylation is 2. The van der Waals surface area contributed by atoms with Gasteiger partial charge in [0.2, 0.25) is 0 Å². The molecule has 1 N–H and O–H groups in total. The summed E-state index contributed by atoms with van der Waals surface area (Å²) in [5.41, 5.74) is 2.71. The van der Waals surface area contributed by atoms with E-state index < -0.39 is 15.7 Å². The molecule has 5 heteroatoms. The minimum Gasteiger partial charge on any atom is -0.357 e. The minimum atomic E-state index is -3.42. The van der Waals surface area contributed by atoms with Crippen molar-refractivity contribution in [2.24, 2.45) is 0 Å². The van der Waals surface area contributed by atoms with Gasteiger partial charge in [0, 0.05) is 17.3 Å². The number of aromatic nitrogens is 1. The average molecular weight is 267 g/mol. The van der Waals surface area contributed by atoms with Gasteiger partial charge in [-0.2, -0.15) is 0 Å². The Morgan fingerprint density at radius 1 is 1.22 bits per heavy atom. The molecule has 1 aliphatic rings. The third-order valence-corrected chi connectivity index (χ3v) is 4.66. The number of benzene rings is 1. The monoisotopic (exact) mass is 267 g/mol. The molecule has 0 saturated heterocycles. The Balaban J connectivity index is 2.42. The van der Waals surface area contributed by atoms with E-state index in [4.69, 9.17) is 0 Å². The van der Waals surface area contributed by atoms with Crippen molar-refractivity contribution in [3.63, 3.8) is 0 Å². The first kappa shape index (κ1) is 11.7. The number of H-pyrrole nitrogens is 1. The van der Waals surface area contributed by atoms with E-state index in [1.165, 1.54) is 6.07 Å². The number of fused-ring (bicyclic) bond motifs is 3. The van der Waals surface area contributed by atoms with Crippen molar-refractivity contribution >= 4 is 20.7 Å². The Labute approximate surface area is 105 Å². The fourth-order valence-corrected chi connectivity index (χ4v) is 3.59. The lowest BCUT2D eigenvalue weighted by molar-refractivity contribution is 0.597. The highest BCUT2D eigenvalue weighted by Gasteiger charge is 2.21. The van der Waals surface area contributed by atoms with E-state index in [9.17, 15) is 12.8 Å². The Morgan fingerprint density at radius 3 is 2.67 bits per heavy atom.